The van der Waals surface area contributed by atoms with Crippen LogP contribution in [0.1, 0.15) is 119 Å². The first-order valence-corrected chi connectivity index (χ1v) is 19.0. The minimum atomic E-state index is -1.18. The summed E-state index contributed by atoms with van der Waals surface area (Å²) in [4.78, 5) is 0.569. The van der Waals surface area contributed by atoms with Gasteiger partial charge in [-0.25, -0.2) is 0 Å². The van der Waals surface area contributed by atoms with Crippen molar-refractivity contribution < 1.29 is 0 Å². The van der Waals surface area contributed by atoms with Crippen LogP contribution in [0.3, 0.4) is 0 Å². The van der Waals surface area contributed by atoms with Crippen LogP contribution in [0.4, 0.5) is 0 Å². The molecule has 1 aromatic carbocycles. The summed E-state index contributed by atoms with van der Waals surface area (Å²) in [6, 6.07) is 10.1. The van der Waals surface area contributed by atoms with Crippen LogP contribution in [0.5, 0.6) is 0 Å². The molecule has 2 heteroatoms. The van der Waals surface area contributed by atoms with E-state index in [0.717, 1.165) is 22.6 Å². The number of fused-ring (bicyclic) bond motifs is 3. The van der Waals surface area contributed by atoms with Crippen LogP contribution in [0.2, 0.25) is 0 Å². The zero-order valence-electron chi connectivity index (χ0n) is 23.8. The number of rotatable bonds is 4. The van der Waals surface area contributed by atoms with Gasteiger partial charge in [-0.1, -0.05) is 64.1 Å². The minimum Gasteiger partial charge on any atom is -0.0882 e. The van der Waals surface area contributed by atoms with Gasteiger partial charge in [-0.05, 0) is 89.2 Å². The number of benzene rings is 1. The van der Waals surface area contributed by atoms with Gasteiger partial charge in [0.05, 0.1) is 22.6 Å². The van der Waals surface area contributed by atoms with Crippen LogP contribution in [-0.2, 0) is 0 Å². The predicted molar refractivity (Wildman–Crippen MR) is 165 cm³/mol. The van der Waals surface area contributed by atoms with Crippen LogP contribution in [0.15, 0.2) is 48.6 Å². The molecule has 5 rings (SSSR count). The predicted octanol–water partition coefficient (Wildman–Crippen LogP) is 10.1. The fourth-order valence-electron chi connectivity index (χ4n) is 9.53. The first-order chi connectivity index (χ1) is 17.0. The Labute approximate surface area is 219 Å². The average Bonchev–Trinajstić information content (AvgIpc) is 3.47. The molecule has 0 amide bonds. The van der Waals surface area contributed by atoms with Crippen molar-refractivity contribution in [3.8, 4) is 0 Å². The van der Waals surface area contributed by atoms with E-state index in [2.05, 4.69) is 90.1 Å². The molecule has 0 unspecified atom stereocenters. The molecule has 2 spiro atoms. The van der Waals surface area contributed by atoms with E-state index in [9.17, 15) is 0 Å². The summed E-state index contributed by atoms with van der Waals surface area (Å²) >= 11 is 0. The van der Waals surface area contributed by atoms with E-state index in [4.69, 9.17) is 0 Å². The maximum absolute atomic E-state index is 2.82. The highest BCUT2D eigenvalue weighted by atomic mass is 31.2. The smallest absolute Gasteiger partial charge is 0.0882 e. The lowest BCUT2D eigenvalue weighted by molar-refractivity contribution is 0.696. The van der Waals surface area contributed by atoms with Crippen LogP contribution in [0, 0.1) is 0 Å². The highest BCUT2D eigenvalue weighted by molar-refractivity contribution is 8.06. The van der Waals surface area contributed by atoms with Crippen molar-refractivity contribution in [2.24, 2.45) is 0 Å². The quantitative estimate of drug-likeness (QED) is 0.278. The molecule has 4 aliphatic rings. The van der Waals surface area contributed by atoms with Gasteiger partial charge in [0.25, 0.3) is 0 Å². The molecule has 1 aromatic rings. The summed E-state index contributed by atoms with van der Waals surface area (Å²) in [6.07, 6.45) is 25.7. The topological polar surface area (TPSA) is 0 Å². The molecule has 4 atom stereocenters. The van der Waals surface area contributed by atoms with Crippen LogP contribution < -0.4 is 10.6 Å². The van der Waals surface area contributed by atoms with Gasteiger partial charge in [-0.3, -0.25) is 0 Å². The molecule has 2 saturated heterocycles. The van der Waals surface area contributed by atoms with E-state index in [1.165, 1.54) is 77.0 Å². The normalized spacial score (nSPS) is 32.6. The molecule has 0 bridgehead atoms. The van der Waals surface area contributed by atoms with E-state index >= 15 is 0 Å². The molecule has 3 heterocycles. The fourth-order valence-corrected chi connectivity index (χ4v) is 28.9. The van der Waals surface area contributed by atoms with Crippen LogP contribution in [0.25, 0.3) is 0 Å². The summed E-state index contributed by atoms with van der Waals surface area (Å²) in [5.41, 5.74) is 3.98. The molecule has 0 N–H and O–H groups in total. The number of allylic oxidation sites excluding steroid dienone is 4. The first-order valence-electron chi connectivity index (χ1n) is 15.1. The zero-order valence-corrected chi connectivity index (χ0v) is 25.6. The molecule has 2 fully saturated rings. The lowest BCUT2D eigenvalue weighted by atomic mass is 10.1. The van der Waals surface area contributed by atoms with Gasteiger partial charge in [0, 0.05) is 13.8 Å². The maximum atomic E-state index is 2.82. The average molecular weight is 513 g/mol. The van der Waals surface area contributed by atoms with Crippen molar-refractivity contribution in [2.75, 3.05) is 0 Å². The van der Waals surface area contributed by atoms with Crippen molar-refractivity contribution in [1.82, 2.24) is 0 Å². The summed E-state index contributed by atoms with van der Waals surface area (Å²) < 4.78 is 0. The molecule has 3 aliphatic heterocycles. The van der Waals surface area contributed by atoms with Crippen molar-refractivity contribution in [3.63, 3.8) is 0 Å². The Hall–Kier alpha value is -0.440. The largest absolute Gasteiger partial charge is 0.183 e. The van der Waals surface area contributed by atoms with Gasteiger partial charge in [-0.15, -0.1) is 0 Å². The van der Waals surface area contributed by atoms with E-state index in [-0.39, 0.29) is 0 Å². The summed E-state index contributed by atoms with van der Waals surface area (Å²) in [7, 11) is -2.35. The van der Waals surface area contributed by atoms with E-state index < -0.39 is 14.5 Å². The summed E-state index contributed by atoms with van der Waals surface area (Å²) in [5.74, 6) is 0. The molecule has 1 aliphatic carbocycles. The second-order valence-corrected chi connectivity index (χ2v) is 21.6. The Kier molecular flexibility index (Phi) is 9.09. The third-order valence-corrected chi connectivity index (χ3v) is 25.9. The zero-order chi connectivity index (χ0) is 25.1. The Morgan fingerprint density at radius 1 is 0.571 bits per heavy atom. The fraction of sp³-hybridized carbons (Fsp3) is 0.697. The Morgan fingerprint density at radius 2 is 0.857 bits per heavy atom. The third-order valence-electron chi connectivity index (χ3n) is 10.7. The van der Waals surface area contributed by atoms with Crippen LogP contribution >= 0.6 is 14.5 Å². The molecule has 35 heavy (non-hydrogen) atoms. The highest BCUT2D eigenvalue weighted by Gasteiger charge is 2.85. The van der Waals surface area contributed by atoms with Gasteiger partial charge in [-0.2, -0.15) is 0 Å². The van der Waals surface area contributed by atoms with Crippen LogP contribution in [-0.4, -0.2) is 27.5 Å². The minimum absolute atomic E-state index is 0.569. The van der Waals surface area contributed by atoms with E-state index in [0.29, 0.717) is 4.90 Å². The molecule has 0 nitrogen and oxygen atoms in total. The standard InChI is InChI=1S/C25H42P2.C8H12/c1-7-19-15-16-20(8-2)26(19)23-13-11-12-14-24(23)27(25(26,5)6)21(9-3)17-18-22(27)10-4;1-2-4-6-8-7-5-3-1/h11-14,19-22H,7-10,15-18H2,1-6H3;1-2,7-8H,3-6H2/q+2;/b;2-1-,8-7?/t19-,20-,21-,22-;/m0./s1. The van der Waals surface area contributed by atoms with Gasteiger partial charge in [0.1, 0.15) is 25.1 Å². The number of hydrogen-bond acceptors (Lipinski definition) is 0. The highest BCUT2D eigenvalue weighted by Crippen LogP contribution is 2.99. The second-order valence-electron chi connectivity index (χ2n) is 12.0. The first kappa shape index (κ1) is 27.6. The third kappa shape index (κ3) is 4.08. The lowest BCUT2D eigenvalue weighted by Gasteiger charge is -2.46. The van der Waals surface area contributed by atoms with Crippen molar-refractivity contribution in [1.29, 1.82) is 0 Å². The van der Waals surface area contributed by atoms with Crippen molar-refractivity contribution >= 4 is 25.1 Å². The molecule has 194 valence electrons. The second kappa shape index (κ2) is 11.5. The van der Waals surface area contributed by atoms with Gasteiger partial charge in [0.2, 0.25) is 0 Å². The maximum Gasteiger partial charge on any atom is 0.183 e. The van der Waals surface area contributed by atoms with Crippen molar-refractivity contribution in [2.45, 2.75) is 146 Å². The van der Waals surface area contributed by atoms with Gasteiger partial charge < -0.3 is 0 Å². The molecule has 0 saturated carbocycles. The van der Waals surface area contributed by atoms with Gasteiger partial charge >= 0.3 is 0 Å². The summed E-state index contributed by atoms with van der Waals surface area (Å²) in [5, 5.41) is 3.89. The molecule has 0 radical (unpaired) electrons. The summed E-state index contributed by atoms with van der Waals surface area (Å²) in [6.45, 7) is 15.7. The van der Waals surface area contributed by atoms with Crippen molar-refractivity contribution in [3.05, 3.63) is 48.6 Å². The Balaban J connectivity index is 0.000000308. The SMILES string of the molecule is C1=CCC/C=C\CC1.CC[C@H]1CC[C@H](CC)[P+]12c1ccccc1[P+]1([C@@H](CC)CC[C@@H]1CC)C2(C)C. The Morgan fingerprint density at radius 3 is 1.11 bits per heavy atom. The monoisotopic (exact) mass is 512 g/mol. The molecule has 0 aromatic heterocycles. The molecular formula is C33H54P2+2. The van der Waals surface area contributed by atoms with E-state index in [1.807, 2.05) is 10.6 Å². The van der Waals surface area contributed by atoms with Gasteiger partial charge in [0.15, 0.2) is 4.90 Å². The lowest BCUT2D eigenvalue weighted by Crippen LogP contribution is -2.39. The van der Waals surface area contributed by atoms with E-state index in [1.54, 1.807) is 0 Å². The number of hydrogen-bond donors (Lipinski definition) is 0. The molecular weight excluding hydrogens is 458 g/mol. The Bertz CT molecular complexity index is 787.